The number of hydroxylamine groups is 1. The first kappa shape index (κ1) is 24.8. The quantitative estimate of drug-likeness (QED) is 0.499. The van der Waals surface area contributed by atoms with Crippen molar-refractivity contribution in [3.05, 3.63) is 30.3 Å². The third-order valence-electron chi connectivity index (χ3n) is 6.50. The molecule has 0 unspecified atom stereocenters. The standard InChI is InChI=1S/C24H36N4O5/c1-17(2)16-26(3)24(31)33-19-9-10-20(21(15-19)22(29)25-32)23(30)28-13-11-27(12-14-28)18-7-5-4-6-8-18/h4-8,17,19-21,32H,9-16H2,1-3H3,(H,25,29)/t19-,20+,21+/m1/s1. The van der Waals surface area contributed by atoms with Crippen molar-refractivity contribution in [2.75, 3.05) is 44.7 Å². The molecule has 3 atom stereocenters. The molecular formula is C24H36N4O5. The van der Waals surface area contributed by atoms with Crippen molar-refractivity contribution in [2.24, 2.45) is 17.8 Å². The summed E-state index contributed by atoms with van der Waals surface area (Å²) < 4.78 is 5.61. The monoisotopic (exact) mass is 460 g/mol. The second kappa shape index (κ2) is 11.4. The number of piperazine rings is 1. The van der Waals surface area contributed by atoms with E-state index in [0.717, 1.165) is 18.8 Å². The van der Waals surface area contributed by atoms with Gasteiger partial charge in [-0.2, -0.15) is 0 Å². The molecule has 1 aliphatic carbocycles. The topological polar surface area (TPSA) is 102 Å². The predicted octanol–water partition coefficient (Wildman–Crippen LogP) is 2.35. The summed E-state index contributed by atoms with van der Waals surface area (Å²) in [4.78, 5) is 43.7. The van der Waals surface area contributed by atoms with E-state index in [2.05, 4.69) is 17.0 Å². The highest BCUT2D eigenvalue weighted by molar-refractivity contribution is 5.87. The maximum absolute atomic E-state index is 13.3. The van der Waals surface area contributed by atoms with Crippen molar-refractivity contribution >= 4 is 23.6 Å². The summed E-state index contributed by atoms with van der Waals surface area (Å²) in [6, 6.07) is 10.1. The van der Waals surface area contributed by atoms with Gasteiger partial charge in [-0.1, -0.05) is 32.0 Å². The Labute approximate surface area is 195 Å². The largest absolute Gasteiger partial charge is 0.446 e. The molecule has 2 aliphatic rings. The zero-order valence-corrected chi connectivity index (χ0v) is 19.8. The molecule has 2 fully saturated rings. The second-order valence-electron chi connectivity index (χ2n) is 9.43. The van der Waals surface area contributed by atoms with Crippen LogP contribution in [0.1, 0.15) is 33.1 Å². The van der Waals surface area contributed by atoms with Crippen LogP contribution in [0.3, 0.4) is 0 Å². The van der Waals surface area contributed by atoms with Gasteiger partial charge in [-0.15, -0.1) is 0 Å². The van der Waals surface area contributed by atoms with Gasteiger partial charge < -0.3 is 19.4 Å². The van der Waals surface area contributed by atoms with E-state index < -0.39 is 29.9 Å². The van der Waals surface area contributed by atoms with Gasteiger partial charge in [-0.3, -0.25) is 14.8 Å². The molecule has 1 aromatic rings. The lowest BCUT2D eigenvalue weighted by atomic mass is 9.76. The first-order valence-corrected chi connectivity index (χ1v) is 11.7. The number of para-hydroxylation sites is 1. The maximum Gasteiger partial charge on any atom is 0.409 e. The summed E-state index contributed by atoms with van der Waals surface area (Å²) >= 11 is 0. The number of nitrogens with zero attached hydrogens (tertiary/aromatic N) is 3. The highest BCUT2D eigenvalue weighted by atomic mass is 16.6. The number of ether oxygens (including phenoxy) is 1. The summed E-state index contributed by atoms with van der Waals surface area (Å²) in [6.07, 6.45) is 0.263. The molecule has 0 radical (unpaired) electrons. The predicted molar refractivity (Wildman–Crippen MR) is 124 cm³/mol. The molecule has 1 saturated heterocycles. The van der Waals surface area contributed by atoms with Crippen LogP contribution in [0.4, 0.5) is 10.5 Å². The van der Waals surface area contributed by atoms with E-state index in [0.29, 0.717) is 38.4 Å². The van der Waals surface area contributed by atoms with Crippen LogP contribution in [-0.4, -0.2) is 78.8 Å². The number of carbonyl (C=O) groups excluding carboxylic acids is 3. The Morgan fingerprint density at radius 3 is 2.36 bits per heavy atom. The molecule has 1 aliphatic heterocycles. The molecule has 2 N–H and O–H groups in total. The fourth-order valence-electron chi connectivity index (χ4n) is 4.82. The Bertz CT molecular complexity index is 810. The molecule has 0 aromatic heterocycles. The number of carbonyl (C=O) groups is 3. The van der Waals surface area contributed by atoms with Gasteiger partial charge in [-0.05, 0) is 37.3 Å². The Kier molecular flexibility index (Phi) is 8.55. The number of amides is 3. The average Bonchev–Trinajstić information content (AvgIpc) is 2.83. The van der Waals surface area contributed by atoms with E-state index in [-0.39, 0.29) is 12.3 Å². The fraction of sp³-hybridized carbons (Fsp3) is 0.625. The van der Waals surface area contributed by atoms with Crippen LogP contribution < -0.4 is 10.4 Å². The van der Waals surface area contributed by atoms with Gasteiger partial charge in [0, 0.05) is 45.5 Å². The van der Waals surface area contributed by atoms with Crippen molar-refractivity contribution in [1.29, 1.82) is 0 Å². The highest BCUT2D eigenvalue weighted by Crippen LogP contribution is 2.34. The first-order valence-electron chi connectivity index (χ1n) is 11.7. The van der Waals surface area contributed by atoms with E-state index in [1.54, 1.807) is 12.5 Å². The van der Waals surface area contributed by atoms with E-state index in [1.807, 2.05) is 36.9 Å². The molecule has 0 bridgehead atoms. The molecule has 1 saturated carbocycles. The maximum atomic E-state index is 13.3. The number of rotatable bonds is 6. The van der Waals surface area contributed by atoms with E-state index in [4.69, 9.17) is 4.74 Å². The zero-order valence-electron chi connectivity index (χ0n) is 19.8. The smallest absolute Gasteiger partial charge is 0.409 e. The van der Waals surface area contributed by atoms with Crippen LogP contribution in [-0.2, 0) is 14.3 Å². The van der Waals surface area contributed by atoms with Crippen molar-refractivity contribution in [1.82, 2.24) is 15.3 Å². The summed E-state index contributed by atoms with van der Waals surface area (Å²) in [6.45, 7) is 7.21. The highest BCUT2D eigenvalue weighted by Gasteiger charge is 2.42. The molecule has 1 heterocycles. The molecule has 3 rings (SSSR count). The Morgan fingerprint density at radius 2 is 1.76 bits per heavy atom. The van der Waals surface area contributed by atoms with Gasteiger partial charge >= 0.3 is 6.09 Å². The third kappa shape index (κ3) is 6.37. The minimum Gasteiger partial charge on any atom is -0.446 e. The molecular weight excluding hydrogens is 424 g/mol. The Morgan fingerprint density at radius 1 is 1.09 bits per heavy atom. The number of anilines is 1. The second-order valence-corrected chi connectivity index (χ2v) is 9.43. The van der Waals surface area contributed by atoms with Crippen molar-refractivity contribution in [2.45, 2.75) is 39.2 Å². The molecule has 9 heteroatoms. The van der Waals surface area contributed by atoms with Crippen LogP contribution in [0.15, 0.2) is 30.3 Å². The lowest BCUT2D eigenvalue weighted by Gasteiger charge is -2.40. The van der Waals surface area contributed by atoms with Gasteiger partial charge in [0.25, 0.3) is 0 Å². The molecule has 3 amide bonds. The third-order valence-corrected chi connectivity index (χ3v) is 6.50. The van der Waals surface area contributed by atoms with Crippen molar-refractivity contribution < 1.29 is 24.3 Å². The molecule has 0 spiro atoms. The summed E-state index contributed by atoms with van der Waals surface area (Å²) in [7, 11) is 1.69. The number of benzene rings is 1. The molecule has 9 nitrogen and oxygen atoms in total. The summed E-state index contributed by atoms with van der Waals surface area (Å²) in [5.74, 6) is -1.64. The first-order chi connectivity index (χ1) is 15.8. The van der Waals surface area contributed by atoms with Crippen LogP contribution in [0.25, 0.3) is 0 Å². The van der Waals surface area contributed by atoms with Gasteiger partial charge in [-0.25, -0.2) is 10.3 Å². The number of nitrogens with one attached hydrogen (secondary N) is 1. The van der Waals surface area contributed by atoms with Gasteiger partial charge in [0.1, 0.15) is 6.10 Å². The lowest BCUT2D eigenvalue weighted by molar-refractivity contribution is -0.149. The minimum absolute atomic E-state index is 0.0713. The van der Waals surface area contributed by atoms with E-state index in [1.165, 1.54) is 4.90 Å². The van der Waals surface area contributed by atoms with Crippen LogP contribution in [0, 0.1) is 17.8 Å². The van der Waals surface area contributed by atoms with Crippen LogP contribution in [0.2, 0.25) is 0 Å². The van der Waals surface area contributed by atoms with Crippen LogP contribution in [0.5, 0.6) is 0 Å². The summed E-state index contributed by atoms with van der Waals surface area (Å²) in [5, 5.41) is 9.27. The fourth-order valence-corrected chi connectivity index (χ4v) is 4.82. The molecule has 1 aromatic carbocycles. The average molecular weight is 461 g/mol. The Balaban J connectivity index is 1.59. The number of hydrogen-bond acceptors (Lipinski definition) is 6. The Hall–Kier alpha value is -2.81. The van der Waals surface area contributed by atoms with Gasteiger partial charge in [0.15, 0.2) is 0 Å². The zero-order chi connectivity index (χ0) is 24.0. The minimum atomic E-state index is -0.739. The molecule has 182 valence electrons. The van der Waals surface area contributed by atoms with E-state index in [9.17, 15) is 19.6 Å². The van der Waals surface area contributed by atoms with Crippen molar-refractivity contribution in [3.63, 3.8) is 0 Å². The lowest BCUT2D eigenvalue weighted by Crippen LogP contribution is -2.53. The van der Waals surface area contributed by atoms with Gasteiger partial charge in [0.05, 0.1) is 11.8 Å². The SMILES string of the molecule is CC(C)CN(C)C(=O)O[C@@H]1CC[C@H](C(=O)N2CCN(c3ccccc3)CC2)[C@@H](C(=O)NO)C1. The van der Waals surface area contributed by atoms with Crippen molar-refractivity contribution in [3.8, 4) is 0 Å². The van der Waals surface area contributed by atoms with Crippen LogP contribution >= 0.6 is 0 Å². The normalized spacial score (nSPS) is 23.2. The summed E-state index contributed by atoms with van der Waals surface area (Å²) in [5.41, 5.74) is 2.84. The van der Waals surface area contributed by atoms with E-state index >= 15 is 0 Å². The van der Waals surface area contributed by atoms with Gasteiger partial charge in [0.2, 0.25) is 11.8 Å². The number of hydrogen-bond donors (Lipinski definition) is 2. The molecule has 33 heavy (non-hydrogen) atoms.